The van der Waals surface area contributed by atoms with Crippen molar-refractivity contribution in [1.29, 1.82) is 0 Å². The quantitative estimate of drug-likeness (QED) is 0.418. The van der Waals surface area contributed by atoms with E-state index in [1.165, 1.54) is 27.4 Å². The number of rotatable bonds is 7. The van der Waals surface area contributed by atoms with Gasteiger partial charge in [-0.3, -0.25) is 9.59 Å². The van der Waals surface area contributed by atoms with Crippen LogP contribution in [-0.2, 0) is 16.1 Å². The summed E-state index contributed by atoms with van der Waals surface area (Å²) in [6.45, 7) is 4.80. The minimum absolute atomic E-state index is 0.238. The van der Waals surface area contributed by atoms with E-state index in [2.05, 4.69) is 20.3 Å². The van der Waals surface area contributed by atoms with Gasteiger partial charge >= 0.3 is 0 Å². The molecule has 1 amide bonds. The zero-order valence-electron chi connectivity index (χ0n) is 18.5. The van der Waals surface area contributed by atoms with Gasteiger partial charge in [-0.25, -0.2) is 9.67 Å². The second-order valence-electron chi connectivity index (χ2n) is 7.54. The Labute approximate surface area is 203 Å². The molecule has 1 aliphatic heterocycles. The first-order valence-electron chi connectivity index (χ1n) is 10.9. The summed E-state index contributed by atoms with van der Waals surface area (Å²) in [5.41, 5.74) is 1.14. The number of ether oxygens (including phenoxy) is 2. The number of fused-ring (bicyclic) bond motifs is 1. The highest BCUT2D eigenvalue weighted by Crippen LogP contribution is 2.35. The van der Waals surface area contributed by atoms with Crippen molar-refractivity contribution >= 4 is 49.6 Å². The minimum Gasteiger partial charge on any atom is -0.492 e. The molecule has 11 heteroatoms. The van der Waals surface area contributed by atoms with Gasteiger partial charge in [0.15, 0.2) is 10.6 Å². The predicted octanol–water partition coefficient (Wildman–Crippen LogP) is 3.46. The number of benzene rings is 1. The Hall–Kier alpha value is -3.28. The van der Waals surface area contributed by atoms with E-state index in [4.69, 9.17) is 9.47 Å². The van der Waals surface area contributed by atoms with Crippen LogP contribution in [0, 0.1) is 0 Å². The van der Waals surface area contributed by atoms with E-state index in [9.17, 15) is 9.59 Å². The second-order valence-corrected chi connectivity index (χ2v) is 9.46. The van der Waals surface area contributed by atoms with Crippen LogP contribution in [0.4, 0.5) is 10.8 Å². The van der Waals surface area contributed by atoms with Gasteiger partial charge in [-0.1, -0.05) is 29.5 Å². The maximum Gasteiger partial charge on any atom is 0.294 e. The number of nitrogens with zero attached hydrogens (tertiary/aromatic N) is 4. The van der Waals surface area contributed by atoms with Crippen LogP contribution in [-0.4, -0.2) is 53.6 Å². The van der Waals surface area contributed by atoms with Crippen LogP contribution in [0.5, 0.6) is 5.75 Å². The van der Waals surface area contributed by atoms with Crippen molar-refractivity contribution in [3.05, 3.63) is 52.1 Å². The molecule has 1 aliphatic rings. The molecule has 1 aromatic carbocycles. The molecule has 9 nitrogen and oxygen atoms in total. The van der Waals surface area contributed by atoms with Crippen LogP contribution in [0.1, 0.15) is 6.92 Å². The Morgan fingerprint density at radius 1 is 1.21 bits per heavy atom. The molecule has 0 bridgehead atoms. The zero-order valence-corrected chi connectivity index (χ0v) is 20.2. The predicted molar refractivity (Wildman–Crippen MR) is 134 cm³/mol. The second kappa shape index (κ2) is 9.92. The van der Waals surface area contributed by atoms with Gasteiger partial charge in [0.1, 0.15) is 18.0 Å². The van der Waals surface area contributed by atoms with Gasteiger partial charge in [0.25, 0.3) is 5.56 Å². The Bertz CT molecular complexity index is 1360. The maximum absolute atomic E-state index is 13.3. The SMILES string of the molecule is CCOc1ccccc1NC(=O)Cn1nc(-c2cccs2)c2sc(N3CCOCC3)nc2c1=O. The molecule has 1 fully saturated rings. The Morgan fingerprint density at radius 2 is 2.03 bits per heavy atom. The third-order valence-electron chi connectivity index (χ3n) is 5.28. The van der Waals surface area contributed by atoms with Gasteiger partial charge in [-0.2, -0.15) is 5.10 Å². The van der Waals surface area contributed by atoms with Crippen LogP contribution >= 0.6 is 22.7 Å². The number of thiophene rings is 1. The molecule has 5 rings (SSSR count). The van der Waals surface area contributed by atoms with Gasteiger partial charge in [-0.15, -0.1) is 11.3 Å². The molecule has 0 saturated carbocycles. The highest BCUT2D eigenvalue weighted by atomic mass is 32.1. The number of carbonyl (C=O) groups is 1. The van der Waals surface area contributed by atoms with Crippen LogP contribution in [0.2, 0.25) is 0 Å². The fourth-order valence-electron chi connectivity index (χ4n) is 3.70. The van der Waals surface area contributed by atoms with E-state index >= 15 is 0 Å². The van der Waals surface area contributed by atoms with E-state index in [0.717, 1.165) is 27.8 Å². The molecular weight excluding hydrogens is 474 g/mol. The zero-order chi connectivity index (χ0) is 23.5. The lowest BCUT2D eigenvalue weighted by Crippen LogP contribution is -2.36. The molecule has 3 aromatic heterocycles. The van der Waals surface area contributed by atoms with Crippen molar-refractivity contribution < 1.29 is 14.3 Å². The normalized spacial score (nSPS) is 13.9. The van der Waals surface area contributed by atoms with Crippen LogP contribution in [0.3, 0.4) is 0 Å². The maximum atomic E-state index is 13.3. The summed E-state index contributed by atoms with van der Waals surface area (Å²) in [7, 11) is 0. The summed E-state index contributed by atoms with van der Waals surface area (Å²) in [5, 5.41) is 10.1. The van der Waals surface area contributed by atoms with Gasteiger partial charge in [-0.05, 0) is 30.5 Å². The van der Waals surface area contributed by atoms with E-state index in [1.54, 1.807) is 12.1 Å². The average molecular weight is 498 g/mol. The minimum atomic E-state index is -0.390. The van der Waals surface area contributed by atoms with Crippen LogP contribution in [0.15, 0.2) is 46.6 Å². The Kier molecular flexibility index (Phi) is 6.57. The molecule has 1 saturated heterocycles. The number of hydrogen-bond acceptors (Lipinski definition) is 9. The summed E-state index contributed by atoms with van der Waals surface area (Å²) >= 11 is 2.98. The highest BCUT2D eigenvalue weighted by molar-refractivity contribution is 7.23. The third kappa shape index (κ3) is 4.54. The van der Waals surface area contributed by atoms with Gasteiger partial charge in [0, 0.05) is 13.1 Å². The van der Waals surface area contributed by atoms with Crippen molar-refractivity contribution in [1.82, 2.24) is 14.8 Å². The van der Waals surface area contributed by atoms with Gasteiger partial charge in [0.05, 0.1) is 35.1 Å². The molecule has 34 heavy (non-hydrogen) atoms. The van der Waals surface area contributed by atoms with E-state index in [1.807, 2.05) is 36.6 Å². The monoisotopic (exact) mass is 497 g/mol. The third-order valence-corrected chi connectivity index (χ3v) is 7.28. The van der Waals surface area contributed by atoms with Crippen molar-refractivity contribution in [2.75, 3.05) is 43.1 Å². The number of hydrogen-bond donors (Lipinski definition) is 1. The molecule has 0 atom stereocenters. The largest absolute Gasteiger partial charge is 0.492 e. The summed E-state index contributed by atoms with van der Waals surface area (Å²) < 4.78 is 12.9. The molecular formula is C23H23N5O4S2. The lowest BCUT2D eigenvalue weighted by atomic mass is 10.3. The molecule has 0 radical (unpaired) electrons. The molecule has 4 heterocycles. The number of aromatic nitrogens is 3. The fourth-order valence-corrected chi connectivity index (χ4v) is 5.58. The molecule has 0 spiro atoms. The summed E-state index contributed by atoms with van der Waals surface area (Å²) in [6, 6.07) is 11.1. The number of thiazole rings is 1. The average Bonchev–Trinajstić information content (AvgIpc) is 3.54. The Balaban J connectivity index is 1.50. The summed E-state index contributed by atoms with van der Waals surface area (Å²) in [4.78, 5) is 33.9. The smallest absolute Gasteiger partial charge is 0.294 e. The number of morpholine rings is 1. The van der Waals surface area contributed by atoms with E-state index in [-0.39, 0.29) is 18.0 Å². The number of nitrogens with one attached hydrogen (secondary N) is 1. The van der Waals surface area contributed by atoms with E-state index < -0.39 is 0 Å². The number of anilines is 2. The number of para-hydroxylation sites is 2. The van der Waals surface area contributed by atoms with Gasteiger partial charge in [0.2, 0.25) is 5.91 Å². The van der Waals surface area contributed by atoms with Gasteiger partial charge < -0.3 is 19.7 Å². The van der Waals surface area contributed by atoms with Crippen LogP contribution < -0.4 is 20.5 Å². The number of carbonyl (C=O) groups excluding carboxylic acids is 1. The first-order valence-corrected chi connectivity index (χ1v) is 12.6. The van der Waals surface area contributed by atoms with Crippen molar-refractivity contribution in [2.45, 2.75) is 13.5 Å². The standard InChI is InChI=1S/C23H23N5O4S2/c1-2-32-16-7-4-3-6-15(16)24-18(29)14-28-22(30)20-21(19(26-28)17-8-5-13-33-17)34-23(25-20)27-9-11-31-12-10-27/h3-8,13H,2,9-12,14H2,1H3,(H,24,29). The molecule has 0 aliphatic carbocycles. The van der Waals surface area contributed by atoms with E-state index in [0.29, 0.717) is 42.5 Å². The molecule has 4 aromatic rings. The topological polar surface area (TPSA) is 98.6 Å². The first-order chi connectivity index (χ1) is 16.6. The van der Waals surface area contributed by atoms with Crippen molar-refractivity contribution in [2.24, 2.45) is 0 Å². The molecule has 0 unspecified atom stereocenters. The lowest BCUT2D eigenvalue weighted by molar-refractivity contribution is -0.117. The summed E-state index contributed by atoms with van der Waals surface area (Å²) in [5.74, 6) is 0.199. The highest BCUT2D eigenvalue weighted by Gasteiger charge is 2.22. The molecule has 1 N–H and O–H groups in total. The first kappa shape index (κ1) is 22.5. The van der Waals surface area contributed by atoms with Crippen molar-refractivity contribution in [3.8, 4) is 16.3 Å². The van der Waals surface area contributed by atoms with Crippen molar-refractivity contribution in [3.63, 3.8) is 0 Å². The lowest BCUT2D eigenvalue weighted by Gasteiger charge is -2.25. The summed E-state index contributed by atoms with van der Waals surface area (Å²) in [6.07, 6.45) is 0. The fraction of sp³-hybridized carbons (Fsp3) is 0.304. The molecule has 176 valence electrons. The Morgan fingerprint density at radius 3 is 2.79 bits per heavy atom. The van der Waals surface area contributed by atoms with Crippen LogP contribution in [0.25, 0.3) is 20.8 Å². The number of amides is 1.